The molecule has 1 aromatic rings. The maximum atomic E-state index is 13.6. The van der Waals surface area contributed by atoms with Gasteiger partial charge in [-0.15, -0.1) is 0 Å². The van der Waals surface area contributed by atoms with Crippen LogP contribution in [0.1, 0.15) is 104 Å². The number of nitrogens with one attached hydrogen (secondary N) is 1. The van der Waals surface area contributed by atoms with Crippen molar-refractivity contribution in [3.8, 4) is 11.5 Å². The van der Waals surface area contributed by atoms with E-state index in [0.717, 1.165) is 49.1 Å². The number of dihydropyridines is 1. The Morgan fingerprint density at radius 2 is 1.46 bits per heavy atom. The summed E-state index contributed by atoms with van der Waals surface area (Å²) in [6, 6.07) is 3.80. The number of carbonyl (C=O) groups excluding carboxylic acids is 2. The summed E-state index contributed by atoms with van der Waals surface area (Å²) >= 11 is 6.82. The molecule has 0 aromatic heterocycles. The molecule has 0 bridgehead atoms. The lowest BCUT2D eigenvalue weighted by Gasteiger charge is -2.44. The molecule has 0 atom stereocenters. The van der Waals surface area contributed by atoms with Crippen LogP contribution >= 0.6 is 11.6 Å². The number of benzene rings is 1. The normalized spacial score (nSPS) is 20.9. The summed E-state index contributed by atoms with van der Waals surface area (Å²) in [5.41, 5.74) is 3.85. The molecule has 0 unspecified atom stereocenters. The summed E-state index contributed by atoms with van der Waals surface area (Å²) in [6.45, 7) is 13.6. The molecule has 6 heteroatoms. The average molecular weight is 528 g/mol. The predicted octanol–water partition coefficient (Wildman–Crippen LogP) is 7.67. The predicted molar refractivity (Wildman–Crippen MR) is 148 cm³/mol. The fourth-order valence-corrected chi connectivity index (χ4v) is 6.36. The Hall–Kier alpha value is -2.27. The molecule has 2 aliphatic carbocycles. The first-order chi connectivity index (χ1) is 17.5. The van der Waals surface area contributed by atoms with Gasteiger partial charge in [0.2, 0.25) is 0 Å². The van der Waals surface area contributed by atoms with Gasteiger partial charge in [0.25, 0.3) is 0 Å². The van der Waals surface area contributed by atoms with E-state index < -0.39 is 5.92 Å². The van der Waals surface area contributed by atoms with E-state index in [0.29, 0.717) is 53.7 Å². The van der Waals surface area contributed by atoms with E-state index in [2.05, 4.69) is 39.9 Å². The summed E-state index contributed by atoms with van der Waals surface area (Å²) in [5.74, 6) is 0.842. The monoisotopic (exact) mass is 527 g/mol. The van der Waals surface area contributed by atoms with Crippen LogP contribution in [0.4, 0.5) is 0 Å². The zero-order valence-electron chi connectivity index (χ0n) is 23.3. The number of ketones is 2. The number of halogens is 1. The first kappa shape index (κ1) is 27.8. The number of ether oxygens (including phenoxy) is 2. The van der Waals surface area contributed by atoms with Crippen molar-refractivity contribution in [3.63, 3.8) is 0 Å². The molecule has 0 radical (unpaired) electrons. The van der Waals surface area contributed by atoms with Crippen molar-refractivity contribution >= 4 is 23.2 Å². The van der Waals surface area contributed by atoms with Gasteiger partial charge in [0, 0.05) is 41.3 Å². The molecule has 1 N–H and O–H groups in total. The second-order valence-corrected chi connectivity index (χ2v) is 12.8. The third kappa shape index (κ3) is 5.92. The molecular weight excluding hydrogens is 486 g/mol. The van der Waals surface area contributed by atoms with Gasteiger partial charge in [-0.1, -0.05) is 65.5 Å². The van der Waals surface area contributed by atoms with Gasteiger partial charge in [0.05, 0.1) is 18.2 Å². The molecule has 3 aliphatic rings. The Kier molecular flexibility index (Phi) is 8.13. The Balaban J connectivity index is 1.80. The SMILES string of the molecule is CCCCCCOc1c(Cl)cc(C2C3=C(CC(C)(C)CC3=O)NC3=C2C(=O)CC(C)(C)C3)cc1OCC. The molecule has 4 rings (SSSR count). The number of hydrogen-bond acceptors (Lipinski definition) is 5. The topological polar surface area (TPSA) is 64.6 Å². The zero-order chi connectivity index (χ0) is 27.0. The summed E-state index contributed by atoms with van der Waals surface area (Å²) in [6.07, 6.45) is 6.84. The number of allylic oxidation sites excluding steroid dienone is 4. The Labute approximate surface area is 227 Å². The minimum Gasteiger partial charge on any atom is -0.490 e. The number of unbranched alkanes of at least 4 members (excludes halogenated alkanes) is 3. The zero-order valence-corrected chi connectivity index (χ0v) is 24.1. The van der Waals surface area contributed by atoms with E-state index in [-0.39, 0.29) is 22.4 Å². The largest absolute Gasteiger partial charge is 0.490 e. The third-order valence-corrected chi connectivity index (χ3v) is 7.91. The van der Waals surface area contributed by atoms with Crippen LogP contribution in [0, 0.1) is 10.8 Å². The first-order valence-corrected chi connectivity index (χ1v) is 14.2. The van der Waals surface area contributed by atoms with E-state index in [1.54, 1.807) is 0 Å². The van der Waals surface area contributed by atoms with Gasteiger partial charge in [0.15, 0.2) is 23.1 Å². The molecule has 0 fully saturated rings. The molecular formula is C31H42ClNO4. The van der Waals surface area contributed by atoms with Crippen LogP contribution in [-0.4, -0.2) is 24.8 Å². The van der Waals surface area contributed by atoms with Crippen LogP contribution in [0.15, 0.2) is 34.7 Å². The lowest BCUT2D eigenvalue weighted by molar-refractivity contribution is -0.119. The Morgan fingerprint density at radius 1 is 0.865 bits per heavy atom. The highest BCUT2D eigenvalue weighted by Crippen LogP contribution is 2.52. The highest BCUT2D eigenvalue weighted by Gasteiger charge is 2.46. The first-order valence-electron chi connectivity index (χ1n) is 13.8. The number of Topliss-reactive ketones (excluding diaryl/α,β-unsaturated/α-hetero) is 2. The van der Waals surface area contributed by atoms with Gasteiger partial charge in [-0.05, 0) is 54.7 Å². The maximum absolute atomic E-state index is 13.6. The number of hydrogen-bond donors (Lipinski definition) is 1. The van der Waals surface area contributed by atoms with Crippen molar-refractivity contribution in [1.29, 1.82) is 0 Å². The van der Waals surface area contributed by atoms with Gasteiger partial charge in [-0.2, -0.15) is 0 Å². The lowest BCUT2D eigenvalue weighted by Crippen LogP contribution is -2.42. The van der Waals surface area contributed by atoms with E-state index in [4.69, 9.17) is 21.1 Å². The van der Waals surface area contributed by atoms with Crippen LogP contribution in [-0.2, 0) is 9.59 Å². The smallest absolute Gasteiger partial charge is 0.179 e. The van der Waals surface area contributed by atoms with E-state index in [1.165, 1.54) is 6.42 Å². The summed E-state index contributed by atoms with van der Waals surface area (Å²) in [4.78, 5) is 27.2. The minimum atomic E-state index is -0.450. The molecule has 0 saturated heterocycles. The van der Waals surface area contributed by atoms with Crippen molar-refractivity contribution < 1.29 is 19.1 Å². The highest BCUT2D eigenvalue weighted by molar-refractivity contribution is 6.32. The van der Waals surface area contributed by atoms with E-state index in [1.807, 2.05) is 19.1 Å². The van der Waals surface area contributed by atoms with Gasteiger partial charge >= 0.3 is 0 Å². The fraction of sp³-hybridized carbons (Fsp3) is 0.613. The van der Waals surface area contributed by atoms with E-state index in [9.17, 15) is 9.59 Å². The lowest BCUT2D eigenvalue weighted by atomic mass is 9.64. The standard InChI is InChI=1S/C31H42ClNO4/c1-7-9-10-11-12-37-29-20(32)13-19(14-25(29)36-8-2)26-27-21(15-30(3,4)17-23(27)34)33-22-16-31(5,6)18-24(35)28(22)26/h13-14,26,33H,7-12,15-18H2,1-6H3. The summed E-state index contributed by atoms with van der Waals surface area (Å²) in [7, 11) is 0. The quantitative estimate of drug-likeness (QED) is 0.334. The molecule has 37 heavy (non-hydrogen) atoms. The molecule has 1 aromatic carbocycles. The van der Waals surface area contributed by atoms with Gasteiger partial charge in [-0.25, -0.2) is 0 Å². The molecule has 202 valence electrons. The summed E-state index contributed by atoms with van der Waals surface area (Å²) in [5, 5.41) is 4.02. The van der Waals surface area contributed by atoms with Gasteiger partial charge < -0.3 is 14.8 Å². The van der Waals surface area contributed by atoms with E-state index >= 15 is 0 Å². The molecule has 0 amide bonds. The second-order valence-electron chi connectivity index (χ2n) is 12.4. The average Bonchev–Trinajstić information content (AvgIpc) is 2.77. The number of rotatable bonds is 9. The van der Waals surface area contributed by atoms with Crippen molar-refractivity contribution in [2.45, 2.75) is 98.8 Å². The third-order valence-electron chi connectivity index (χ3n) is 7.63. The van der Waals surface area contributed by atoms with Crippen LogP contribution in [0.3, 0.4) is 0 Å². The van der Waals surface area contributed by atoms with Gasteiger partial charge in [0.1, 0.15) is 0 Å². The van der Waals surface area contributed by atoms with Crippen LogP contribution in [0.25, 0.3) is 0 Å². The summed E-state index contributed by atoms with van der Waals surface area (Å²) < 4.78 is 12.1. The van der Waals surface area contributed by atoms with Gasteiger partial charge in [-0.3, -0.25) is 9.59 Å². The van der Waals surface area contributed by atoms with Crippen molar-refractivity contribution in [2.24, 2.45) is 10.8 Å². The molecule has 1 aliphatic heterocycles. The highest BCUT2D eigenvalue weighted by atomic mass is 35.5. The maximum Gasteiger partial charge on any atom is 0.179 e. The number of carbonyl (C=O) groups is 2. The minimum absolute atomic E-state index is 0.0956. The van der Waals surface area contributed by atoms with Crippen molar-refractivity contribution in [2.75, 3.05) is 13.2 Å². The van der Waals surface area contributed by atoms with Crippen LogP contribution in [0.2, 0.25) is 5.02 Å². The van der Waals surface area contributed by atoms with Crippen LogP contribution < -0.4 is 14.8 Å². The van der Waals surface area contributed by atoms with Crippen molar-refractivity contribution in [1.82, 2.24) is 5.32 Å². The molecule has 5 nitrogen and oxygen atoms in total. The van der Waals surface area contributed by atoms with Crippen molar-refractivity contribution in [3.05, 3.63) is 45.3 Å². The second kappa shape index (κ2) is 10.8. The molecule has 1 heterocycles. The van der Waals surface area contributed by atoms with Crippen LogP contribution in [0.5, 0.6) is 11.5 Å². The molecule has 0 saturated carbocycles. The fourth-order valence-electron chi connectivity index (χ4n) is 6.08. The Morgan fingerprint density at radius 3 is 2.00 bits per heavy atom. The molecule has 0 spiro atoms. The Bertz CT molecular complexity index is 1090.